The molecule has 0 saturated carbocycles. The van der Waals surface area contributed by atoms with Crippen LogP contribution in [0.25, 0.3) is 0 Å². The Bertz CT molecular complexity index is 490. The lowest BCUT2D eigenvalue weighted by molar-refractivity contribution is -0.137. The van der Waals surface area contributed by atoms with Crippen molar-refractivity contribution in [1.29, 1.82) is 0 Å². The molecular weight excluding hydrogens is 271 g/mol. The van der Waals surface area contributed by atoms with Crippen molar-refractivity contribution in [1.82, 2.24) is 5.32 Å². The van der Waals surface area contributed by atoms with Crippen LogP contribution < -0.4 is 5.32 Å². The fourth-order valence-corrected chi connectivity index (χ4v) is 1.49. The Morgan fingerprint density at radius 2 is 1.90 bits per heavy atom. The number of hydrogen-bond donors (Lipinski definition) is 1. The second kappa shape index (κ2) is 5.73. The highest BCUT2D eigenvalue weighted by atomic mass is 19.4. The van der Waals surface area contributed by atoms with E-state index in [0.717, 1.165) is 6.07 Å². The number of nitrogens with one attached hydrogen (secondary N) is 1. The normalized spacial score (nSPS) is 12.2. The molecule has 0 aromatic heterocycles. The second-order valence-electron chi connectivity index (χ2n) is 5.34. The van der Waals surface area contributed by atoms with Crippen molar-refractivity contribution < 1.29 is 22.7 Å². The van der Waals surface area contributed by atoms with Crippen molar-refractivity contribution in [2.45, 2.75) is 39.1 Å². The fraction of sp³-hybridized carbons (Fsp3) is 0.429. The molecule has 0 aliphatic carbocycles. The number of amides is 1. The maximum absolute atomic E-state index is 12.7. The predicted molar refractivity (Wildman–Crippen MR) is 69.0 cm³/mol. The molecule has 0 saturated heterocycles. The van der Waals surface area contributed by atoms with Crippen molar-refractivity contribution in [3.05, 3.63) is 41.8 Å². The molecule has 1 aromatic carbocycles. The van der Waals surface area contributed by atoms with Gasteiger partial charge in [0.05, 0.1) is 5.56 Å². The van der Waals surface area contributed by atoms with Crippen LogP contribution in [0.4, 0.5) is 18.0 Å². The van der Waals surface area contributed by atoms with Gasteiger partial charge in [-0.2, -0.15) is 13.2 Å². The molecular formula is C14H17F3NO2. The van der Waals surface area contributed by atoms with Gasteiger partial charge in [0.15, 0.2) is 0 Å². The molecule has 1 rings (SSSR count). The van der Waals surface area contributed by atoms with Gasteiger partial charge in [-0.1, -0.05) is 12.1 Å². The van der Waals surface area contributed by atoms with Gasteiger partial charge in [-0.05, 0) is 44.9 Å². The predicted octanol–water partition coefficient (Wildman–Crippen LogP) is 3.91. The van der Waals surface area contributed by atoms with E-state index in [1.165, 1.54) is 12.1 Å². The highest BCUT2D eigenvalue weighted by molar-refractivity contribution is 5.67. The van der Waals surface area contributed by atoms with E-state index in [-0.39, 0.29) is 12.1 Å². The lowest BCUT2D eigenvalue weighted by Crippen LogP contribution is -2.32. The minimum absolute atomic E-state index is 0.0434. The van der Waals surface area contributed by atoms with Crippen LogP contribution in [-0.4, -0.2) is 11.7 Å². The summed E-state index contributed by atoms with van der Waals surface area (Å²) in [5, 5.41) is 2.40. The van der Waals surface area contributed by atoms with Crippen molar-refractivity contribution in [3.63, 3.8) is 0 Å². The fourth-order valence-electron chi connectivity index (χ4n) is 1.49. The highest BCUT2D eigenvalue weighted by Gasteiger charge is 2.32. The maximum atomic E-state index is 12.7. The van der Waals surface area contributed by atoms with Crippen molar-refractivity contribution in [2.75, 3.05) is 0 Å². The Morgan fingerprint density at radius 3 is 2.40 bits per heavy atom. The van der Waals surface area contributed by atoms with Crippen LogP contribution in [0, 0.1) is 6.92 Å². The van der Waals surface area contributed by atoms with Gasteiger partial charge in [0.1, 0.15) is 5.60 Å². The number of halogens is 3. The average molecular weight is 288 g/mol. The van der Waals surface area contributed by atoms with Gasteiger partial charge in [-0.25, -0.2) is 4.79 Å². The van der Waals surface area contributed by atoms with E-state index in [2.05, 4.69) is 12.2 Å². The van der Waals surface area contributed by atoms with Crippen LogP contribution >= 0.6 is 0 Å². The van der Waals surface area contributed by atoms with Gasteiger partial charge in [0.2, 0.25) is 0 Å². The van der Waals surface area contributed by atoms with E-state index in [9.17, 15) is 18.0 Å². The zero-order chi connectivity index (χ0) is 15.6. The topological polar surface area (TPSA) is 38.3 Å². The number of hydrogen-bond acceptors (Lipinski definition) is 2. The third-order valence-electron chi connectivity index (χ3n) is 2.32. The van der Waals surface area contributed by atoms with Gasteiger partial charge in [0.25, 0.3) is 0 Å². The number of alkyl halides is 3. The van der Waals surface area contributed by atoms with Gasteiger partial charge >= 0.3 is 12.3 Å². The van der Waals surface area contributed by atoms with Crippen LogP contribution in [0.5, 0.6) is 0 Å². The molecule has 0 heterocycles. The molecule has 0 aliphatic heterocycles. The molecule has 0 unspecified atom stereocenters. The maximum Gasteiger partial charge on any atom is 0.416 e. The Kier molecular flexibility index (Phi) is 4.68. The van der Waals surface area contributed by atoms with Crippen molar-refractivity contribution >= 4 is 6.09 Å². The Morgan fingerprint density at radius 1 is 1.30 bits per heavy atom. The third-order valence-corrected chi connectivity index (χ3v) is 2.32. The minimum Gasteiger partial charge on any atom is -0.444 e. The molecule has 3 nitrogen and oxygen atoms in total. The largest absolute Gasteiger partial charge is 0.444 e. The first-order chi connectivity index (χ1) is 8.99. The summed E-state index contributed by atoms with van der Waals surface area (Å²) in [7, 11) is 0. The third kappa shape index (κ3) is 5.11. The monoisotopic (exact) mass is 288 g/mol. The molecule has 1 amide bonds. The molecule has 1 aromatic rings. The molecule has 0 bridgehead atoms. The smallest absolute Gasteiger partial charge is 0.416 e. The number of ether oxygens (including phenoxy) is 1. The molecule has 0 spiro atoms. The summed E-state index contributed by atoms with van der Waals surface area (Å²) in [6.07, 6.45) is -5.14. The van der Waals surface area contributed by atoms with E-state index in [1.807, 2.05) is 0 Å². The standard InChI is InChI=1S/C14H17F3NO2/c1-9-5-6-10(7-11(9)14(15,16)17)8-18-12(19)20-13(2,3)4/h5-7H,1,8H2,2-4H3,(H,18,19). The number of rotatable bonds is 2. The highest BCUT2D eigenvalue weighted by Crippen LogP contribution is 2.32. The molecule has 111 valence electrons. The van der Waals surface area contributed by atoms with E-state index in [4.69, 9.17) is 4.74 Å². The summed E-state index contributed by atoms with van der Waals surface area (Å²) >= 11 is 0. The van der Waals surface area contributed by atoms with Crippen LogP contribution in [0.2, 0.25) is 0 Å². The van der Waals surface area contributed by atoms with Crippen LogP contribution in [-0.2, 0) is 17.5 Å². The molecule has 6 heteroatoms. The molecule has 20 heavy (non-hydrogen) atoms. The zero-order valence-corrected chi connectivity index (χ0v) is 11.6. The summed E-state index contributed by atoms with van der Waals surface area (Å²) in [5.41, 5.74) is -1.23. The van der Waals surface area contributed by atoms with Gasteiger partial charge in [0, 0.05) is 6.54 Å². The van der Waals surface area contributed by atoms with Crippen LogP contribution in [0.3, 0.4) is 0 Å². The lowest BCUT2D eigenvalue weighted by atomic mass is 10.0. The summed E-state index contributed by atoms with van der Waals surface area (Å²) in [6.45, 7) is 8.40. The van der Waals surface area contributed by atoms with E-state index >= 15 is 0 Å². The Balaban J connectivity index is 2.73. The van der Waals surface area contributed by atoms with Gasteiger partial charge < -0.3 is 10.1 Å². The number of alkyl carbamates (subject to hydrolysis) is 1. The number of benzene rings is 1. The Hall–Kier alpha value is -1.72. The second-order valence-corrected chi connectivity index (χ2v) is 5.34. The molecule has 0 aliphatic rings. The van der Waals surface area contributed by atoms with Gasteiger partial charge in [-0.3, -0.25) is 0 Å². The molecule has 0 fully saturated rings. The van der Waals surface area contributed by atoms with Crippen LogP contribution in [0.15, 0.2) is 18.2 Å². The number of carbonyl (C=O) groups is 1. The van der Waals surface area contributed by atoms with Gasteiger partial charge in [-0.15, -0.1) is 0 Å². The summed E-state index contributed by atoms with van der Waals surface area (Å²) in [4.78, 5) is 11.4. The minimum atomic E-state index is -4.46. The molecule has 1 radical (unpaired) electrons. The van der Waals surface area contributed by atoms with Crippen molar-refractivity contribution in [2.24, 2.45) is 0 Å². The summed E-state index contributed by atoms with van der Waals surface area (Å²) in [6, 6.07) is 3.73. The first-order valence-electron chi connectivity index (χ1n) is 5.98. The van der Waals surface area contributed by atoms with Crippen LogP contribution in [0.1, 0.15) is 37.5 Å². The number of carbonyl (C=O) groups excluding carboxylic acids is 1. The van der Waals surface area contributed by atoms with E-state index in [0.29, 0.717) is 5.56 Å². The first-order valence-corrected chi connectivity index (χ1v) is 5.98. The lowest BCUT2D eigenvalue weighted by Gasteiger charge is -2.20. The van der Waals surface area contributed by atoms with E-state index in [1.54, 1.807) is 20.8 Å². The Labute approximate surface area is 116 Å². The molecule has 1 N–H and O–H groups in total. The average Bonchev–Trinajstić information content (AvgIpc) is 2.24. The molecule has 0 atom stereocenters. The van der Waals surface area contributed by atoms with Crippen molar-refractivity contribution in [3.8, 4) is 0 Å². The summed E-state index contributed by atoms with van der Waals surface area (Å²) in [5.74, 6) is 0. The first kappa shape index (κ1) is 16.3. The van der Waals surface area contributed by atoms with E-state index < -0.39 is 23.4 Å². The SMILES string of the molecule is [CH2]c1ccc(CNC(=O)OC(C)(C)C)cc1C(F)(F)F. The quantitative estimate of drug-likeness (QED) is 0.896. The zero-order valence-electron chi connectivity index (χ0n) is 11.6. The summed E-state index contributed by atoms with van der Waals surface area (Å²) < 4.78 is 43.1.